The van der Waals surface area contributed by atoms with Crippen LogP contribution in [0, 0.1) is 17.8 Å². The van der Waals surface area contributed by atoms with Crippen LogP contribution in [0.1, 0.15) is 25.7 Å². The van der Waals surface area contributed by atoms with Crippen molar-refractivity contribution in [1.29, 1.82) is 0 Å². The summed E-state index contributed by atoms with van der Waals surface area (Å²) in [7, 11) is 0. The molecule has 1 aromatic heterocycles. The Morgan fingerprint density at radius 2 is 1.76 bits per heavy atom. The van der Waals surface area contributed by atoms with Gasteiger partial charge in [-0.3, -0.25) is 9.78 Å². The minimum absolute atomic E-state index is 0.197. The first-order valence-electron chi connectivity index (χ1n) is 7.77. The van der Waals surface area contributed by atoms with Crippen molar-refractivity contribution < 1.29 is 4.79 Å². The number of rotatable bonds is 2. The number of nitrogens with zero attached hydrogens (tertiary/aromatic N) is 1. The van der Waals surface area contributed by atoms with Crippen molar-refractivity contribution in [2.24, 2.45) is 17.8 Å². The zero-order valence-electron chi connectivity index (χ0n) is 12.0. The Morgan fingerprint density at radius 3 is 2.38 bits per heavy atom. The van der Waals surface area contributed by atoms with Crippen molar-refractivity contribution >= 4 is 35.1 Å². The first-order chi connectivity index (χ1) is 10.3. The van der Waals surface area contributed by atoms with Gasteiger partial charge in [0.1, 0.15) is 0 Å². The van der Waals surface area contributed by atoms with Crippen LogP contribution in [0.15, 0.2) is 24.5 Å². The zero-order chi connectivity index (χ0) is 14.3. The fourth-order valence-corrected chi connectivity index (χ4v) is 8.23. The summed E-state index contributed by atoms with van der Waals surface area (Å²) in [5.74, 6) is 4.48. The molecule has 1 spiro atoms. The number of hydrogen-bond acceptors (Lipinski definition) is 4. The third-order valence-corrected chi connectivity index (χ3v) is 9.21. The normalized spacial score (nSPS) is 33.2. The number of aromatic nitrogens is 1. The molecule has 2 unspecified atom stereocenters. The van der Waals surface area contributed by atoms with Gasteiger partial charge in [0, 0.05) is 35.5 Å². The smallest absolute Gasteiger partial charge is 0.227 e. The molecule has 21 heavy (non-hydrogen) atoms. The van der Waals surface area contributed by atoms with Crippen molar-refractivity contribution in [2.45, 2.75) is 29.8 Å². The molecule has 1 amide bonds. The molecule has 2 saturated carbocycles. The number of thioether (sulfide) groups is 2. The van der Waals surface area contributed by atoms with Gasteiger partial charge in [-0.05, 0) is 49.7 Å². The van der Waals surface area contributed by atoms with Crippen LogP contribution in [0.5, 0.6) is 0 Å². The Hall–Kier alpha value is -0.680. The Bertz CT molecular complexity index is 514. The SMILES string of the molecule is O=C(Nc1ccncc1)C1CC2CCC(C1)C21SCCS1. The van der Waals surface area contributed by atoms with Gasteiger partial charge in [-0.1, -0.05) is 0 Å². The predicted molar refractivity (Wildman–Crippen MR) is 89.5 cm³/mol. The largest absolute Gasteiger partial charge is 0.326 e. The molecular formula is C16H20N2OS2. The topological polar surface area (TPSA) is 42.0 Å². The Labute approximate surface area is 134 Å². The molecule has 1 saturated heterocycles. The maximum Gasteiger partial charge on any atom is 0.227 e. The summed E-state index contributed by atoms with van der Waals surface area (Å²) in [4.78, 5) is 16.5. The van der Waals surface area contributed by atoms with Crippen LogP contribution in [-0.4, -0.2) is 26.5 Å². The lowest BCUT2D eigenvalue weighted by Gasteiger charge is -2.42. The van der Waals surface area contributed by atoms with Gasteiger partial charge in [0.15, 0.2) is 0 Å². The van der Waals surface area contributed by atoms with Crippen molar-refractivity contribution in [1.82, 2.24) is 4.98 Å². The number of carbonyl (C=O) groups is 1. The van der Waals surface area contributed by atoms with Gasteiger partial charge in [0.2, 0.25) is 5.91 Å². The van der Waals surface area contributed by atoms with Gasteiger partial charge in [-0.15, -0.1) is 23.5 Å². The molecule has 3 aliphatic rings. The monoisotopic (exact) mass is 320 g/mol. The molecule has 1 N–H and O–H groups in total. The summed E-state index contributed by atoms with van der Waals surface area (Å²) in [6, 6.07) is 3.72. The summed E-state index contributed by atoms with van der Waals surface area (Å²) >= 11 is 4.37. The molecule has 2 aliphatic carbocycles. The van der Waals surface area contributed by atoms with E-state index in [0.717, 1.165) is 30.4 Å². The van der Waals surface area contributed by atoms with Crippen molar-refractivity contribution in [3.05, 3.63) is 24.5 Å². The van der Waals surface area contributed by atoms with Crippen LogP contribution < -0.4 is 5.32 Å². The van der Waals surface area contributed by atoms with Gasteiger partial charge < -0.3 is 5.32 Å². The van der Waals surface area contributed by atoms with Gasteiger partial charge in [0.05, 0.1) is 4.08 Å². The number of anilines is 1. The molecule has 1 aliphatic heterocycles. The molecule has 2 bridgehead atoms. The number of hydrogen-bond donors (Lipinski definition) is 1. The molecule has 4 rings (SSSR count). The van der Waals surface area contributed by atoms with Crippen LogP contribution in [0.25, 0.3) is 0 Å². The van der Waals surface area contributed by atoms with E-state index in [9.17, 15) is 4.79 Å². The van der Waals surface area contributed by atoms with Crippen molar-refractivity contribution in [3.8, 4) is 0 Å². The van der Waals surface area contributed by atoms with E-state index in [-0.39, 0.29) is 11.8 Å². The van der Waals surface area contributed by atoms with Crippen molar-refractivity contribution in [3.63, 3.8) is 0 Å². The highest BCUT2D eigenvalue weighted by molar-refractivity contribution is 8.21. The minimum atomic E-state index is 0.197. The highest BCUT2D eigenvalue weighted by Crippen LogP contribution is 2.65. The van der Waals surface area contributed by atoms with E-state index < -0.39 is 0 Å². The van der Waals surface area contributed by atoms with E-state index in [1.807, 2.05) is 12.1 Å². The quantitative estimate of drug-likeness (QED) is 0.903. The van der Waals surface area contributed by atoms with Crippen LogP contribution >= 0.6 is 23.5 Å². The van der Waals surface area contributed by atoms with Crippen LogP contribution in [0.3, 0.4) is 0 Å². The molecule has 5 heteroatoms. The number of amides is 1. The van der Waals surface area contributed by atoms with Gasteiger partial charge >= 0.3 is 0 Å². The van der Waals surface area contributed by atoms with Crippen LogP contribution in [0.2, 0.25) is 0 Å². The van der Waals surface area contributed by atoms with Crippen LogP contribution in [0.4, 0.5) is 5.69 Å². The fourth-order valence-electron chi connectivity index (χ4n) is 4.29. The standard InChI is InChI=1S/C16H20N2OS2/c19-15(18-14-3-5-17-6-4-14)11-9-12-1-2-13(10-11)16(12)20-7-8-21-16/h3-6,11-13H,1-2,7-10H2,(H,17,18,19). The summed E-state index contributed by atoms with van der Waals surface area (Å²) < 4.78 is 0.466. The number of pyridine rings is 1. The second kappa shape index (κ2) is 5.51. The summed E-state index contributed by atoms with van der Waals surface area (Å²) in [6.07, 6.45) is 8.25. The lowest BCUT2D eigenvalue weighted by atomic mass is 9.79. The highest BCUT2D eigenvalue weighted by Gasteiger charge is 2.57. The number of carbonyl (C=O) groups excluding carboxylic acids is 1. The Kier molecular flexibility index (Phi) is 3.66. The molecule has 112 valence electrons. The molecular weight excluding hydrogens is 300 g/mol. The lowest BCUT2D eigenvalue weighted by Crippen LogP contribution is -2.41. The molecule has 0 radical (unpaired) electrons. The minimum Gasteiger partial charge on any atom is -0.326 e. The third-order valence-electron chi connectivity index (χ3n) is 5.20. The Balaban J connectivity index is 1.46. The Morgan fingerprint density at radius 1 is 1.14 bits per heavy atom. The third kappa shape index (κ3) is 2.38. The van der Waals surface area contributed by atoms with Gasteiger partial charge in [-0.25, -0.2) is 0 Å². The average Bonchev–Trinajstić information content (AvgIpc) is 3.03. The van der Waals surface area contributed by atoms with E-state index >= 15 is 0 Å². The van der Waals surface area contributed by atoms with Gasteiger partial charge in [-0.2, -0.15) is 0 Å². The second-order valence-corrected chi connectivity index (χ2v) is 9.29. The highest BCUT2D eigenvalue weighted by atomic mass is 32.2. The molecule has 2 heterocycles. The summed E-state index contributed by atoms with van der Waals surface area (Å²) in [6.45, 7) is 0. The summed E-state index contributed by atoms with van der Waals surface area (Å²) in [5.41, 5.74) is 0.868. The van der Waals surface area contributed by atoms with E-state index in [1.54, 1.807) is 12.4 Å². The number of nitrogens with one attached hydrogen (secondary N) is 1. The molecule has 0 aromatic carbocycles. The average molecular weight is 320 g/mol. The maximum absolute atomic E-state index is 12.5. The van der Waals surface area contributed by atoms with Crippen LogP contribution in [-0.2, 0) is 4.79 Å². The zero-order valence-corrected chi connectivity index (χ0v) is 13.6. The fraction of sp³-hybridized carbons (Fsp3) is 0.625. The predicted octanol–water partition coefficient (Wildman–Crippen LogP) is 3.63. The van der Waals surface area contributed by atoms with E-state index in [1.165, 1.54) is 24.3 Å². The van der Waals surface area contributed by atoms with E-state index in [0.29, 0.717) is 4.08 Å². The molecule has 1 aromatic rings. The lowest BCUT2D eigenvalue weighted by molar-refractivity contribution is -0.121. The summed E-state index contributed by atoms with van der Waals surface area (Å²) in [5, 5.41) is 3.07. The van der Waals surface area contributed by atoms with E-state index in [4.69, 9.17) is 0 Å². The first kappa shape index (κ1) is 13.9. The van der Waals surface area contributed by atoms with Crippen molar-refractivity contribution in [2.75, 3.05) is 16.8 Å². The molecule has 3 nitrogen and oxygen atoms in total. The maximum atomic E-state index is 12.5. The molecule has 2 atom stereocenters. The first-order valence-corrected chi connectivity index (χ1v) is 9.74. The van der Waals surface area contributed by atoms with E-state index in [2.05, 4.69) is 33.8 Å². The molecule has 3 fully saturated rings. The van der Waals surface area contributed by atoms with Gasteiger partial charge in [0.25, 0.3) is 0 Å². The second-order valence-electron chi connectivity index (χ2n) is 6.28.